The summed E-state index contributed by atoms with van der Waals surface area (Å²) in [5, 5.41) is 11.2. The summed E-state index contributed by atoms with van der Waals surface area (Å²) < 4.78 is 11.0. The minimum Gasteiger partial charge on any atom is -0.380 e. The monoisotopic (exact) mass is 305 g/mol. The molecule has 0 unspecified atom stereocenters. The highest BCUT2D eigenvalue weighted by Gasteiger charge is 2.34. The molecule has 3 heterocycles. The van der Waals surface area contributed by atoms with Crippen LogP contribution in [0.3, 0.4) is 0 Å². The highest BCUT2D eigenvalue weighted by molar-refractivity contribution is 5.05. The van der Waals surface area contributed by atoms with Gasteiger partial charge in [-0.3, -0.25) is 10.00 Å². The van der Waals surface area contributed by atoms with Gasteiger partial charge in [0.1, 0.15) is 17.4 Å². The molecule has 2 atom stereocenters. The topological polar surface area (TPSA) is 80.1 Å². The average Bonchev–Trinajstić information content (AvgIpc) is 3.21. The smallest absolute Gasteiger partial charge is 0.150 e. The highest BCUT2D eigenvalue weighted by atomic mass is 16.5. The molecule has 0 bridgehead atoms. The van der Waals surface area contributed by atoms with Crippen molar-refractivity contribution in [3.05, 3.63) is 29.2 Å². The molecule has 1 aliphatic heterocycles. The second kappa shape index (κ2) is 6.58. The second-order valence-corrected chi connectivity index (χ2v) is 5.92. The van der Waals surface area contributed by atoms with Gasteiger partial charge in [-0.05, 0) is 6.92 Å². The Morgan fingerprint density at radius 3 is 2.95 bits per heavy atom. The predicted molar refractivity (Wildman–Crippen MR) is 80.3 cm³/mol. The SMILES string of the molecule is CCc1n[nH]c(CN2C[C@@H](Cc3cc(C)no3)[C@@H](OC)C2)n1. The van der Waals surface area contributed by atoms with Crippen LogP contribution in [0.1, 0.15) is 30.0 Å². The Hall–Kier alpha value is -1.73. The van der Waals surface area contributed by atoms with Crippen molar-refractivity contribution < 1.29 is 9.26 Å². The number of ether oxygens (including phenoxy) is 1. The highest BCUT2D eigenvalue weighted by Crippen LogP contribution is 2.24. The van der Waals surface area contributed by atoms with Crippen LogP contribution in [0.2, 0.25) is 0 Å². The zero-order valence-electron chi connectivity index (χ0n) is 13.4. The number of hydrogen-bond donors (Lipinski definition) is 1. The summed E-state index contributed by atoms with van der Waals surface area (Å²) in [6, 6.07) is 2.00. The molecule has 7 heteroatoms. The van der Waals surface area contributed by atoms with Crippen LogP contribution in [-0.4, -0.2) is 51.5 Å². The molecular weight excluding hydrogens is 282 g/mol. The maximum absolute atomic E-state index is 5.65. The quantitative estimate of drug-likeness (QED) is 0.868. The third-order valence-electron chi connectivity index (χ3n) is 4.17. The number of nitrogens with one attached hydrogen (secondary N) is 1. The molecule has 3 rings (SSSR count). The summed E-state index contributed by atoms with van der Waals surface area (Å²) in [5.41, 5.74) is 0.924. The third kappa shape index (κ3) is 3.36. The van der Waals surface area contributed by atoms with Gasteiger partial charge >= 0.3 is 0 Å². The fraction of sp³-hybridized carbons (Fsp3) is 0.667. The number of aromatic nitrogens is 4. The predicted octanol–water partition coefficient (Wildman–Crippen LogP) is 1.35. The van der Waals surface area contributed by atoms with E-state index in [-0.39, 0.29) is 6.10 Å². The molecule has 0 spiro atoms. The maximum atomic E-state index is 5.65. The van der Waals surface area contributed by atoms with E-state index < -0.39 is 0 Å². The standard InChI is InChI=1S/C15H23N5O2/c1-4-14-16-15(18-17-14)9-20-7-11(13(8-20)21-3)6-12-5-10(2)19-22-12/h5,11,13H,4,6-9H2,1-3H3,(H,16,17,18)/t11-,13+/m1/s1. The van der Waals surface area contributed by atoms with Crippen LogP contribution in [-0.2, 0) is 24.1 Å². The number of rotatable bonds is 6. The van der Waals surface area contributed by atoms with Crippen molar-refractivity contribution in [3.8, 4) is 0 Å². The van der Waals surface area contributed by atoms with E-state index in [2.05, 4.69) is 32.2 Å². The maximum Gasteiger partial charge on any atom is 0.150 e. The molecule has 1 fully saturated rings. The van der Waals surface area contributed by atoms with E-state index in [0.717, 1.165) is 55.6 Å². The van der Waals surface area contributed by atoms with Crippen LogP contribution in [0, 0.1) is 12.8 Å². The van der Waals surface area contributed by atoms with Crippen LogP contribution >= 0.6 is 0 Å². The van der Waals surface area contributed by atoms with Crippen molar-refractivity contribution in [3.63, 3.8) is 0 Å². The lowest BCUT2D eigenvalue weighted by Crippen LogP contribution is -2.23. The summed E-state index contributed by atoms with van der Waals surface area (Å²) in [4.78, 5) is 6.83. The molecule has 0 radical (unpaired) electrons. The summed E-state index contributed by atoms with van der Waals surface area (Å²) >= 11 is 0. The van der Waals surface area contributed by atoms with E-state index >= 15 is 0 Å². The minimum atomic E-state index is 0.207. The van der Waals surface area contributed by atoms with Crippen molar-refractivity contribution >= 4 is 0 Å². The number of aromatic amines is 1. The van der Waals surface area contributed by atoms with Gasteiger partial charge in [-0.15, -0.1) is 0 Å². The number of nitrogens with zero attached hydrogens (tertiary/aromatic N) is 4. The van der Waals surface area contributed by atoms with Gasteiger partial charge in [0.05, 0.1) is 18.3 Å². The lowest BCUT2D eigenvalue weighted by molar-refractivity contribution is 0.0760. The van der Waals surface area contributed by atoms with Crippen molar-refractivity contribution in [1.29, 1.82) is 0 Å². The number of likely N-dealkylation sites (tertiary alicyclic amines) is 1. The molecular formula is C15H23N5O2. The van der Waals surface area contributed by atoms with Gasteiger partial charge in [0.15, 0.2) is 0 Å². The molecule has 0 aliphatic carbocycles. The van der Waals surface area contributed by atoms with Gasteiger partial charge in [-0.2, -0.15) is 5.10 Å². The first kappa shape index (κ1) is 15.2. The lowest BCUT2D eigenvalue weighted by atomic mass is 10.0. The van der Waals surface area contributed by atoms with Crippen LogP contribution < -0.4 is 0 Å². The van der Waals surface area contributed by atoms with Crippen molar-refractivity contribution in [2.24, 2.45) is 5.92 Å². The molecule has 1 saturated heterocycles. The Labute approximate surface area is 130 Å². The molecule has 0 aromatic carbocycles. The Kier molecular flexibility index (Phi) is 4.54. The van der Waals surface area contributed by atoms with E-state index in [4.69, 9.17) is 9.26 Å². The summed E-state index contributed by atoms with van der Waals surface area (Å²) in [7, 11) is 1.77. The van der Waals surface area contributed by atoms with Crippen LogP contribution in [0.5, 0.6) is 0 Å². The third-order valence-corrected chi connectivity index (χ3v) is 4.17. The van der Waals surface area contributed by atoms with Crippen molar-refractivity contribution in [2.45, 2.75) is 39.3 Å². The molecule has 0 saturated carbocycles. The largest absolute Gasteiger partial charge is 0.380 e. The summed E-state index contributed by atoms with van der Waals surface area (Å²) in [6.45, 7) is 6.63. The Balaban J connectivity index is 1.61. The number of methoxy groups -OCH3 is 1. The fourth-order valence-corrected chi connectivity index (χ4v) is 3.07. The van der Waals surface area contributed by atoms with Gasteiger partial charge in [0.2, 0.25) is 0 Å². The van der Waals surface area contributed by atoms with E-state index in [9.17, 15) is 0 Å². The lowest BCUT2D eigenvalue weighted by Gasteiger charge is -2.14. The average molecular weight is 305 g/mol. The Morgan fingerprint density at radius 1 is 1.45 bits per heavy atom. The first-order chi connectivity index (χ1) is 10.7. The van der Waals surface area contributed by atoms with Crippen LogP contribution in [0.15, 0.2) is 10.6 Å². The Morgan fingerprint density at radius 2 is 2.32 bits per heavy atom. The van der Waals surface area contributed by atoms with E-state index in [0.29, 0.717) is 5.92 Å². The molecule has 7 nitrogen and oxygen atoms in total. The molecule has 1 N–H and O–H groups in total. The van der Waals surface area contributed by atoms with Gasteiger partial charge in [0, 0.05) is 45.0 Å². The zero-order valence-corrected chi connectivity index (χ0v) is 13.4. The Bertz CT molecular complexity index is 609. The van der Waals surface area contributed by atoms with E-state index in [1.807, 2.05) is 13.0 Å². The second-order valence-electron chi connectivity index (χ2n) is 5.92. The number of H-pyrrole nitrogens is 1. The van der Waals surface area contributed by atoms with Crippen LogP contribution in [0.25, 0.3) is 0 Å². The molecule has 0 amide bonds. The molecule has 1 aliphatic rings. The molecule has 2 aromatic heterocycles. The van der Waals surface area contributed by atoms with E-state index in [1.165, 1.54) is 0 Å². The fourth-order valence-electron chi connectivity index (χ4n) is 3.07. The minimum absolute atomic E-state index is 0.207. The normalized spacial score (nSPS) is 22.5. The van der Waals surface area contributed by atoms with E-state index in [1.54, 1.807) is 7.11 Å². The van der Waals surface area contributed by atoms with Crippen molar-refractivity contribution in [2.75, 3.05) is 20.2 Å². The first-order valence-corrected chi connectivity index (χ1v) is 7.75. The van der Waals surface area contributed by atoms with Gasteiger partial charge < -0.3 is 9.26 Å². The summed E-state index contributed by atoms with van der Waals surface area (Å²) in [5.74, 6) is 3.12. The van der Waals surface area contributed by atoms with Gasteiger partial charge in [-0.1, -0.05) is 12.1 Å². The number of hydrogen-bond acceptors (Lipinski definition) is 6. The zero-order chi connectivity index (χ0) is 15.5. The molecule has 22 heavy (non-hydrogen) atoms. The van der Waals surface area contributed by atoms with Crippen LogP contribution in [0.4, 0.5) is 0 Å². The molecule has 2 aromatic rings. The molecule has 120 valence electrons. The van der Waals surface area contributed by atoms with Crippen molar-refractivity contribution in [1.82, 2.24) is 25.2 Å². The first-order valence-electron chi connectivity index (χ1n) is 7.75. The van der Waals surface area contributed by atoms with Gasteiger partial charge in [-0.25, -0.2) is 4.98 Å². The summed E-state index contributed by atoms with van der Waals surface area (Å²) in [6.07, 6.45) is 1.91. The van der Waals surface area contributed by atoms with Gasteiger partial charge in [0.25, 0.3) is 0 Å². The number of aryl methyl sites for hydroxylation is 2.